The monoisotopic (exact) mass is 316 g/mol. The van der Waals surface area contributed by atoms with Crippen molar-refractivity contribution in [1.82, 2.24) is 0 Å². The van der Waals surface area contributed by atoms with E-state index in [1.807, 2.05) is 66.7 Å². The summed E-state index contributed by atoms with van der Waals surface area (Å²) >= 11 is 0. The Morgan fingerprint density at radius 1 is 0.875 bits per heavy atom. The summed E-state index contributed by atoms with van der Waals surface area (Å²) in [6, 6.07) is 26.1. The van der Waals surface area contributed by atoms with Gasteiger partial charge in [-0.2, -0.15) is 0 Å². The van der Waals surface area contributed by atoms with Crippen LogP contribution in [0.3, 0.4) is 0 Å². The Kier molecular flexibility index (Phi) is 5.09. The van der Waals surface area contributed by atoms with Crippen LogP contribution >= 0.6 is 0 Å². The molecule has 0 unspecified atom stereocenters. The molecule has 0 aliphatic carbocycles. The molecule has 0 saturated carbocycles. The molecule has 0 fully saturated rings. The predicted octanol–water partition coefficient (Wildman–Crippen LogP) is 4.78. The van der Waals surface area contributed by atoms with E-state index < -0.39 is 0 Å². The van der Waals surface area contributed by atoms with Crippen molar-refractivity contribution in [2.24, 2.45) is 0 Å². The summed E-state index contributed by atoms with van der Waals surface area (Å²) in [6.07, 6.45) is 2.15. The smallest absolute Gasteiger partial charge is 0.118 e. The van der Waals surface area contributed by atoms with E-state index in [0.717, 1.165) is 33.6 Å². The van der Waals surface area contributed by atoms with Gasteiger partial charge in [-0.25, -0.2) is 0 Å². The maximum absolute atomic E-state index is 9.72. The molecule has 1 N–H and O–H groups in total. The summed E-state index contributed by atoms with van der Waals surface area (Å²) in [5.41, 5.74) is 5.23. The van der Waals surface area contributed by atoms with E-state index in [0.29, 0.717) is 0 Å². The van der Waals surface area contributed by atoms with Crippen molar-refractivity contribution in [2.75, 3.05) is 7.11 Å². The highest BCUT2D eigenvalue weighted by Crippen LogP contribution is 2.30. The van der Waals surface area contributed by atoms with Crippen LogP contribution in [0.5, 0.6) is 5.75 Å². The van der Waals surface area contributed by atoms with Gasteiger partial charge in [0.25, 0.3) is 0 Å². The van der Waals surface area contributed by atoms with Crippen LogP contribution < -0.4 is 4.74 Å². The second-order valence-corrected chi connectivity index (χ2v) is 5.51. The van der Waals surface area contributed by atoms with Gasteiger partial charge in [-0.1, -0.05) is 66.7 Å². The number of aliphatic hydroxyl groups is 1. The molecule has 3 rings (SSSR count). The van der Waals surface area contributed by atoms with Crippen molar-refractivity contribution in [2.45, 2.75) is 6.61 Å². The Bertz CT molecular complexity index is 818. The zero-order valence-electron chi connectivity index (χ0n) is 13.6. The standard InChI is InChI=1S/C22H20O2/c1-24-20-13-11-18(12-14-20)22(15-17-7-3-2-4-8-17)21-10-6-5-9-19(21)16-23/h2-15,23H,16H2,1H3/b22-15-. The molecule has 0 bridgehead atoms. The molecule has 0 aromatic heterocycles. The van der Waals surface area contributed by atoms with Crippen LogP contribution in [0, 0.1) is 0 Å². The Morgan fingerprint density at radius 2 is 1.54 bits per heavy atom. The average molecular weight is 316 g/mol. The summed E-state index contributed by atoms with van der Waals surface area (Å²) in [5.74, 6) is 0.827. The van der Waals surface area contributed by atoms with Gasteiger partial charge >= 0.3 is 0 Å². The average Bonchev–Trinajstić information content (AvgIpc) is 2.67. The molecule has 2 heteroatoms. The number of ether oxygens (including phenoxy) is 1. The first-order chi connectivity index (χ1) is 11.8. The number of methoxy groups -OCH3 is 1. The molecule has 0 amide bonds. The van der Waals surface area contributed by atoms with Crippen molar-refractivity contribution in [3.05, 3.63) is 101 Å². The van der Waals surface area contributed by atoms with E-state index in [1.54, 1.807) is 7.11 Å². The Balaban J connectivity index is 2.15. The van der Waals surface area contributed by atoms with E-state index in [1.165, 1.54) is 0 Å². The summed E-state index contributed by atoms with van der Waals surface area (Å²) in [7, 11) is 1.66. The molecule has 3 aromatic carbocycles. The lowest BCUT2D eigenvalue weighted by Gasteiger charge is -2.13. The van der Waals surface area contributed by atoms with Gasteiger partial charge in [0.15, 0.2) is 0 Å². The molecule has 0 atom stereocenters. The van der Waals surface area contributed by atoms with Crippen LogP contribution in [0.25, 0.3) is 11.6 Å². The minimum atomic E-state index is 0.0124. The second kappa shape index (κ2) is 7.62. The fourth-order valence-electron chi connectivity index (χ4n) is 2.72. The molecule has 120 valence electrons. The van der Waals surface area contributed by atoms with Gasteiger partial charge in [0.05, 0.1) is 13.7 Å². The minimum absolute atomic E-state index is 0.0124. The highest BCUT2D eigenvalue weighted by atomic mass is 16.5. The fraction of sp³-hybridized carbons (Fsp3) is 0.0909. The molecule has 0 aliphatic heterocycles. The van der Waals surface area contributed by atoms with Crippen molar-refractivity contribution in [3.8, 4) is 5.75 Å². The molecule has 2 nitrogen and oxygen atoms in total. The molecule has 0 spiro atoms. The van der Waals surface area contributed by atoms with Crippen LogP contribution in [-0.4, -0.2) is 12.2 Å². The van der Waals surface area contributed by atoms with E-state index in [2.05, 4.69) is 18.2 Å². The highest BCUT2D eigenvalue weighted by Gasteiger charge is 2.10. The zero-order valence-corrected chi connectivity index (χ0v) is 13.6. The van der Waals surface area contributed by atoms with E-state index in [-0.39, 0.29) is 6.61 Å². The number of rotatable bonds is 5. The van der Waals surface area contributed by atoms with Gasteiger partial charge in [0.2, 0.25) is 0 Å². The Morgan fingerprint density at radius 3 is 2.21 bits per heavy atom. The largest absolute Gasteiger partial charge is 0.497 e. The lowest BCUT2D eigenvalue weighted by atomic mass is 9.92. The Hall–Kier alpha value is -2.84. The maximum atomic E-state index is 9.72. The maximum Gasteiger partial charge on any atom is 0.118 e. The molecule has 24 heavy (non-hydrogen) atoms. The van der Waals surface area contributed by atoms with Crippen LogP contribution in [0.1, 0.15) is 22.3 Å². The molecule has 0 saturated heterocycles. The number of benzene rings is 3. The van der Waals surface area contributed by atoms with Gasteiger partial charge in [0, 0.05) is 0 Å². The lowest BCUT2D eigenvalue weighted by molar-refractivity contribution is 0.281. The van der Waals surface area contributed by atoms with Gasteiger partial charge in [-0.05, 0) is 46.0 Å². The number of hydrogen-bond donors (Lipinski definition) is 1. The number of hydrogen-bond acceptors (Lipinski definition) is 2. The summed E-state index contributed by atoms with van der Waals surface area (Å²) in [4.78, 5) is 0. The summed E-state index contributed by atoms with van der Waals surface area (Å²) in [6.45, 7) is 0.0124. The van der Waals surface area contributed by atoms with Crippen molar-refractivity contribution < 1.29 is 9.84 Å². The van der Waals surface area contributed by atoms with Crippen molar-refractivity contribution in [3.63, 3.8) is 0 Å². The fourth-order valence-corrected chi connectivity index (χ4v) is 2.72. The van der Waals surface area contributed by atoms with E-state index in [9.17, 15) is 5.11 Å². The molecule has 3 aromatic rings. The number of aliphatic hydroxyl groups excluding tert-OH is 1. The predicted molar refractivity (Wildman–Crippen MR) is 98.8 cm³/mol. The van der Waals surface area contributed by atoms with Crippen molar-refractivity contribution in [1.29, 1.82) is 0 Å². The van der Waals surface area contributed by atoms with E-state index in [4.69, 9.17) is 4.74 Å². The third kappa shape index (κ3) is 3.55. The zero-order chi connectivity index (χ0) is 16.8. The first-order valence-corrected chi connectivity index (χ1v) is 7.92. The molecular weight excluding hydrogens is 296 g/mol. The van der Waals surface area contributed by atoms with Crippen molar-refractivity contribution >= 4 is 11.6 Å². The molecule has 0 heterocycles. The van der Waals surface area contributed by atoms with Gasteiger partial charge in [-0.15, -0.1) is 0 Å². The van der Waals surface area contributed by atoms with Gasteiger partial charge in [-0.3, -0.25) is 0 Å². The summed E-state index contributed by atoms with van der Waals surface area (Å²) in [5, 5.41) is 9.72. The van der Waals surface area contributed by atoms with Crippen LogP contribution in [0.15, 0.2) is 78.9 Å². The van der Waals surface area contributed by atoms with Crippen LogP contribution in [0.2, 0.25) is 0 Å². The molecule has 0 radical (unpaired) electrons. The lowest BCUT2D eigenvalue weighted by Crippen LogP contribution is -1.95. The molecule has 0 aliphatic rings. The molecular formula is C22H20O2. The normalized spacial score (nSPS) is 11.3. The van der Waals surface area contributed by atoms with Gasteiger partial charge < -0.3 is 9.84 Å². The SMILES string of the molecule is COc1ccc(/C(=C/c2ccccc2)c2ccccc2CO)cc1. The third-order valence-electron chi connectivity index (χ3n) is 3.99. The third-order valence-corrected chi connectivity index (χ3v) is 3.99. The first kappa shape index (κ1) is 16.0. The second-order valence-electron chi connectivity index (χ2n) is 5.51. The quantitative estimate of drug-likeness (QED) is 0.687. The summed E-state index contributed by atoms with van der Waals surface area (Å²) < 4.78 is 5.26. The minimum Gasteiger partial charge on any atom is -0.497 e. The first-order valence-electron chi connectivity index (χ1n) is 7.92. The van der Waals surface area contributed by atoms with Gasteiger partial charge in [0.1, 0.15) is 5.75 Å². The van der Waals surface area contributed by atoms with E-state index >= 15 is 0 Å². The highest BCUT2D eigenvalue weighted by molar-refractivity contribution is 5.92. The Labute approximate surface area is 142 Å². The topological polar surface area (TPSA) is 29.5 Å². The van der Waals surface area contributed by atoms with Crippen LogP contribution in [-0.2, 0) is 6.61 Å². The van der Waals surface area contributed by atoms with Crippen LogP contribution in [0.4, 0.5) is 0 Å².